The second-order valence-corrected chi connectivity index (χ2v) is 6.83. The van der Waals surface area contributed by atoms with Crippen LogP contribution in [0.25, 0.3) is 0 Å². The molecule has 0 spiro atoms. The van der Waals surface area contributed by atoms with Crippen LogP contribution in [0, 0.1) is 5.92 Å². The number of carbonyl (C=O) groups is 2. The highest BCUT2D eigenvalue weighted by molar-refractivity contribution is 7.89. The van der Waals surface area contributed by atoms with E-state index in [0.717, 1.165) is 0 Å². The summed E-state index contributed by atoms with van der Waals surface area (Å²) in [5.41, 5.74) is 5.29. The van der Waals surface area contributed by atoms with Gasteiger partial charge in [-0.3, -0.25) is 9.59 Å². The maximum Gasteiger partial charge on any atom is 0.304 e. The van der Waals surface area contributed by atoms with Gasteiger partial charge in [0.25, 0.3) is 0 Å². The number of amides is 1. The molecule has 4 N–H and O–H groups in total. The van der Waals surface area contributed by atoms with Crippen LogP contribution in [0.1, 0.15) is 19.3 Å². The molecule has 1 rings (SSSR count). The van der Waals surface area contributed by atoms with Gasteiger partial charge in [0.15, 0.2) is 0 Å². The van der Waals surface area contributed by atoms with E-state index in [-0.39, 0.29) is 12.5 Å². The molecule has 116 valence electrons. The smallest absolute Gasteiger partial charge is 0.304 e. The monoisotopic (exact) mass is 307 g/mol. The van der Waals surface area contributed by atoms with E-state index in [2.05, 4.69) is 5.32 Å². The molecule has 0 aromatic rings. The molecule has 1 fully saturated rings. The number of rotatable bonds is 7. The molecule has 0 saturated carbocycles. The molecule has 0 aliphatic carbocycles. The zero-order valence-corrected chi connectivity index (χ0v) is 12.1. The zero-order chi connectivity index (χ0) is 15.2. The first kappa shape index (κ1) is 16.9. The maximum absolute atomic E-state index is 12.0. The highest BCUT2D eigenvalue weighted by atomic mass is 32.2. The first-order valence-electron chi connectivity index (χ1n) is 6.54. The fourth-order valence-corrected chi connectivity index (χ4v) is 3.60. The molecule has 1 saturated heterocycles. The molecule has 1 aliphatic rings. The molecule has 1 unspecified atom stereocenters. The molecule has 0 aromatic carbocycles. The Labute approximate surface area is 118 Å². The van der Waals surface area contributed by atoms with Crippen molar-refractivity contribution in [3.8, 4) is 0 Å². The Morgan fingerprint density at radius 1 is 1.40 bits per heavy atom. The quantitative estimate of drug-likeness (QED) is 0.529. The number of carboxylic acid groups (broad SMARTS) is 1. The highest BCUT2D eigenvalue weighted by Gasteiger charge is 2.32. The second kappa shape index (κ2) is 7.55. The molecule has 0 aromatic heterocycles. The van der Waals surface area contributed by atoms with E-state index < -0.39 is 34.1 Å². The molecule has 8 nitrogen and oxygen atoms in total. The van der Waals surface area contributed by atoms with E-state index in [4.69, 9.17) is 10.8 Å². The van der Waals surface area contributed by atoms with Crippen LogP contribution in [-0.4, -0.2) is 61.6 Å². The molecule has 0 radical (unpaired) electrons. The Balaban J connectivity index is 2.59. The van der Waals surface area contributed by atoms with Crippen molar-refractivity contribution in [2.45, 2.75) is 19.3 Å². The van der Waals surface area contributed by atoms with Crippen molar-refractivity contribution in [3.63, 3.8) is 0 Å². The molecule has 20 heavy (non-hydrogen) atoms. The minimum Gasteiger partial charge on any atom is -0.481 e. The van der Waals surface area contributed by atoms with Gasteiger partial charge in [-0.25, -0.2) is 12.7 Å². The summed E-state index contributed by atoms with van der Waals surface area (Å²) in [5.74, 6) is -2.18. The number of nitrogens with zero attached hydrogens (tertiary/aromatic N) is 1. The van der Waals surface area contributed by atoms with Crippen LogP contribution in [0.3, 0.4) is 0 Å². The van der Waals surface area contributed by atoms with Crippen molar-refractivity contribution in [1.29, 1.82) is 0 Å². The summed E-state index contributed by atoms with van der Waals surface area (Å²) in [7, 11) is -3.62. The number of hydrogen-bond acceptors (Lipinski definition) is 5. The lowest BCUT2D eigenvalue weighted by Gasteiger charge is -2.31. The first-order chi connectivity index (χ1) is 9.36. The van der Waals surface area contributed by atoms with Gasteiger partial charge >= 0.3 is 5.97 Å². The predicted molar refractivity (Wildman–Crippen MR) is 72.4 cm³/mol. The van der Waals surface area contributed by atoms with Gasteiger partial charge in [0.2, 0.25) is 15.9 Å². The van der Waals surface area contributed by atoms with E-state index in [0.29, 0.717) is 32.5 Å². The third-order valence-electron chi connectivity index (χ3n) is 3.17. The normalized spacial score (nSPS) is 20.6. The minimum atomic E-state index is -3.62. The lowest BCUT2D eigenvalue weighted by molar-refractivity contribution is -0.136. The SMILES string of the molecule is NCCNC(=O)C1CCCN(S(=O)(=O)CCC(=O)O)C1. The predicted octanol–water partition coefficient (Wildman–Crippen LogP) is -1.42. The van der Waals surface area contributed by atoms with Crippen LogP contribution in [0.4, 0.5) is 0 Å². The fourth-order valence-electron chi connectivity index (χ4n) is 2.09. The van der Waals surface area contributed by atoms with Crippen molar-refractivity contribution in [2.75, 3.05) is 31.9 Å². The number of nitrogens with one attached hydrogen (secondary N) is 1. The molecule has 1 heterocycles. The number of aliphatic carboxylic acids is 1. The molecular weight excluding hydrogens is 286 g/mol. The van der Waals surface area contributed by atoms with Crippen LogP contribution >= 0.6 is 0 Å². The Bertz CT molecular complexity index is 451. The number of carboxylic acids is 1. The Morgan fingerprint density at radius 2 is 2.10 bits per heavy atom. The Hall–Kier alpha value is -1.19. The van der Waals surface area contributed by atoms with E-state index in [1.54, 1.807) is 0 Å². The molecule has 0 bridgehead atoms. The lowest BCUT2D eigenvalue weighted by Crippen LogP contribution is -2.46. The summed E-state index contributed by atoms with van der Waals surface area (Å²) in [6.07, 6.45) is 0.789. The fraction of sp³-hybridized carbons (Fsp3) is 0.818. The number of hydrogen-bond donors (Lipinski definition) is 3. The van der Waals surface area contributed by atoms with Crippen molar-refractivity contribution >= 4 is 21.9 Å². The van der Waals surface area contributed by atoms with Crippen LogP contribution in [-0.2, 0) is 19.6 Å². The first-order valence-corrected chi connectivity index (χ1v) is 8.15. The molecule has 1 aliphatic heterocycles. The summed E-state index contributed by atoms with van der Waals surface area (Å²) < 4.78 is 25.2. The summed E-state index contributed by atoms with van der Waals surface area (Å²) in [4.78, 5) is 22.3. The standard InChI is InChI=1S/C11H21N3O5S/c12-4-5-13-11(17)9-2-1-6-14(8-9)20(18,19)7-3-10(15)16/h9H,1-8,12H2,(H,13,17)(H,15,16). The summed E-state index contributed by atoms with van der Waals surface area (Å²) in [6, 6.07) is 0. The average Bonchev–Trinajstić information content (AvgIpc) is 2.43. The van der Waals surface area contributed by atoms with Gasteiger partial charge in [0.1, 0.15) is 0 Å². The van der Waals surface area contributed by atoms with Crippen molar-refractivity contribution in [1.82, 2.24) is 9.62 Å². The van der Waals surface area contributed by atoms with Gasteiger partial charge in [-0.2, -0.15) is 0 Å². The van der Waals surface area contributed by atoms with Gasteiger partial charge in [-0.05, 0) is 12.8 Å². The topological polar surface area (TPSA) is 130 Å². The number of nitrogens with two attached hydrogens (primary N) is 1. The van der Waals surface area contributed by atoms with Crippen LogP contribution < -0.4 is 11.1 Å². The van der Waals surface area contributed by atoms with Crippen LogP contribution in [0.2, 0.25) is 0 Å². The largest absolute Gasteiger partial charge is 0.481 e. The number of carbonyl (C=O) groups excluding carboxylic acids is 1. The van der Waals surface area contributed by atoms with Gasteiger partial charge in [0.05, 0.1) is 18.1 Å². The van der Waals surface area contributed by atoms with E-state index in [1.165, 1.54) is 4.31 Å². The lowest BCUT2D eigenvalue weighted by atomic mass is 9.99. The van der Waals surface area contributed by atoms with Gasteiger partial charge in [0, 0.05) is 26.2 Å². The van der Waals surface area contributed by atoms with E-state index in [1.807, 2.05) is 0 Å². The molecular formula is C11H21N3O5S. The Morgan fingerprint density at radius 3 is 2.70 bits per heavy atom. The van der Waals surface area contributed by atoms with Crippen molar-refractivity contribution < 1.29 is 23.1 Å². The van der Waals surface area contributed by atoms with Crippen molar-refractivity contribution in [2.24, 2.45) is 11.7 Å². The van der Waals surface area contributed by atoms with E-state index in [9.17, 15) is 18.0 Å². The Kier molecular flexibility index (Phi) is 6.37. The van der Waals surface area contributed by atoms with Crippen LogP contribution in [0.5, 0.6) is 0 Å². The third kappa shape index (κ3) is 5.06. The average molecular weight is 307 g/mol. The van der Waals surface area contributed by atoms with Crippen LogP contribution in [0.15, 0.2) is 0 Å². The summed E-state index contributed by atoms with van der Waals surface area (Å²) in [5, 5.41) is 11.2. The second-order valence-electron chi connectivity index (χ2n) is 4.74. The van der Waals surface area contributed by atoms with Gasteiger partial charge < -0.3 is 16.2 Å². The molecule has 1 atom stereocenters. The molecule has 9 heteroatoms. The summed E-state index contributed by atoms with van der Waals surface area (Å²) >= 11 is 0. The number of piperidine rings is 1. The zero-order valence-electron chi connectivity index (χ0n) is 11.2. The van der Waals surface area contributed by atoms with Crippen molar-refractivity contribution in [3.05, 3.63) is 0 Å². The third-order valence-corrected chi connectivity index (χ3v) is 5.00. The van der Waals surface area contributed by atoms with Gasteiger partial charge in [-0.1, -0.05) is 0 Å². The summed E-state index contributed by atoms with van der Waals surface area (Å²) in [6.45, 7) is 1.14. The maximum atomic E-state index is 12.0. The molecule has 1 amide bonds. The van der Waals surface area contributed by atoms with E-state index >= 15 is 0 Å². The highest BCUT2D eigenvalue weighted by Crippen LogP contribution is 2.20. The number of sulfonamides is 1. The van der Waals surface area contributed by atoms with Gasteiger partial charge in [-0.15, -0.1) is 0 Å². The minimum absolute atomic E-state index is 0.109.